The molecule has 0 unspecified atom stereocenters. The molecule has 1 aliphatic rings. The fraction of sp³-hybridized carbons (Fsp3) is 0.267. The highest BCUT2D eigenvalue weighted by Crippen LogP contribution is 2.31. The van der Waals surface area contributed by atoms with Crippen LogP contribution in [0.25, 0.3) is 11.3 Å². The molecule has 110 valence electrons. The van der Waals surface area contributed by atoms with Gasteiger partial charge in [0.25, 0.3) is 0 Å². The molecule has 2 aromatic rings. The van der Waals surface area contributed by atoms with Crippen LogP contribution in [0, 0.1) is 0 Å². The number of halogens is 2. The van der Waals surface area contributed by atoms with Crippen molar-refractivity contribution in [1.29, 1.82) is 0 Å². The van der Waals surface area contributed by atoms with Crippen LogP contribution in [0.1, 0.15) is 5.76 Å². The molecule has 2 heterocycles. The van der Waals surface area contributed by atoms with E-state index < -0.39 is 0 Å². The lowest BCUT2D eigenvalue weighted by Crippen LogP contribution is -2.32. The Labute approximate surface area is 132 Å². The topological polar surface area (TPSA) is 38.0 Å². The molecule has 1 aliphatic heterocycles. The molecule has 3 rings (SSSR count). The normalized spacial score (nSPS) is 15.8. The third-order valence-corrected chi connectivity index (χ3v) is 3.72. The molecule has 1 aromatic carbocycles. The number of furan rings is 1. The zero-order valence-electron chi connectivity index (χ0n) is 11.3. The zero-order valence-corrected chi connectivity index (χ0v) is 12.8. The number of nitrogens with zero attached hydrogens (tertiary/aromatic N) is 2. The van der Waals surface area contributed by atoms with Crippen LogP contribution < -0.4 is 0 Å². The summed E-state index contributed by atoms with van der Waals surface area (Å²) >= 11 is 12.2. The highest BCUT2D eigenvalue weighted by atomic mass is 35.5. The Hall–Kier alpha value is -1.49. The van der Waals surface area contributed by atoms with Crippen LogP contribution in [0.5, 0.6) is 0 Å². The molecule has 0 radical (unpaired) electrons. The second kappa shape index (κ2) is 6.52. The standard InChI is InChI=1S/C15H14Cl2N2O2/c16-11-1-3-14(17)13(9-11)15-4-2-12(21-15)10-18-19-5-7-20-8-6-19/h1-4,9-10H,5-8H2/b18-10-. The molecule has 1 saturated heterocycles. The van der Waals surface area contributed by atoms with Gasteiger partial charge in [0.1, 0.15) is 11.5 Å². The van der Waals surface area contributed by atoms with Crippen molar-refractivity contribution in [2.45, 2.75) is 0 Å². The first kappa shape index (κ1) is 14.4. The van der Waals surface area contributed by atoms with Gasteiger partial charge in [-0.3, -0.25) is 5.01 Å². The number of rotatable bonds is 3. The summed E-state index contributed by atoms with van der Waals surface area (Å²) in [6.07, 6.45) is 1.70. The Morgan fingerprint density at radius 3 is 2.71 bits per heavy atom. The van der Waals surface area contributed by atoms with E-state index >= 15 is 0 Å². The van der Waals surface area contributed by atoms with E-state index in [1.807, 2.05) is 17.1 Å². The summed E-state index contributed by atoms with van der Waals surface area (Å²) in [5.74, 6) is 1.35. The van der Waals surface area contributed by atoms with Crippen molar-refractivity contribution in [3.8, 4) is 11.3 Å². The minimum atomic E-state index is 0.602. The molecule has 0 saturated carbocycles. The Kier molecular flexibility index (Phi) is 4.48. The van der Waals surface area contributed by atoms with Crippen LogP contribution in [0.2, 0.25) is 10.0 Å². The Morgan fingerprint density at radius 2 is 1.90 bits per heavy atom. The van der Waals surface area contributed by atoms with E-state index in [9.17, 15) is 0 Å². The molecule has 0 N–H and O–H groups in total. The minimum Gasteiger partial charge on any atom is -0.455 e. The van der Waals surface area contributed by atoms with Gasteiger partial charge in [0.05, 0.1) is 37.5 Å². The summed E-state index contributed by atoms with van der Waals surface area (Å²) in [6, 6.07) is 9.00. The van der Waals surface area contributed by atoms with E-state index in [-0.39, 0.29) is 0 Å². The highest BCUT2D eigenvalue weighted by molar-refractivity contribution is 6.35. The second-order valence-electron chi connectivity index (χ2n) is 4.64. The molecular formula is C15H14Cl2N2O2. The van der Waals surface area contributed by atoms with Crippen LogP contribution in [-0.4, -0.2) is 37.5 Å². The average molecular weight is 325 g/mol. The smallest absolute Gasteiger partial charge is 0.147 e. The summed E-state index contributed by atoms with van der Waals surface area (Å²) in [4.78, 5) is 0. The molecule has 1 aromatic heterocycles. The third-order valence-electron chi connectivity index (χ3n) is 3.16. The van der Waals surface area contributed by atoms with Crippen molar-refractivity contribution >= 4 is 29.4 Å². The molecule has 0 amide bonds. The molecule has 21 heavy (non-hydrogen) atoms. The van der Waals surface area contributed by atoms with Gasteiger partial charge < -0.3 is 9.15 Å². The van der Waals surface area contributed by atoms with Gasteiger partial charge >= 0.3 is 0 Å². The van der Waals surface area contributed by atoms with Crippen molar-refractivity contribution in [2.24, 2.45) is 5.10 Å². The van der Waals surface area contributed by atoms with Gasteiger partial charge in [0, 0.05) is 10.6 Å². The number of ether oxygens (including phenoxy) is 1. The van der Waals surface area contributed by atoms with Gasteiger partial charge in [-0.1, -0.05) is 23.2 Å². The summed E-state index contributed by atoms with van der Waals surface area (Å²) in [7, 11) is 0. The molecule has 4 nitrogen and oxygen atoms in total. The largest absolute Gasteiger partial charge is 0.455 e. The summed E-state index contributed by atoms with van der Waals surface area (Å²) in [6.45, 7) is 3.01. The first-order valence-corrected chi connectivity index (χ1v) is 7.40. The van der Waals surface area contributed by atoms with Crippen molar-refractivity contribution < 1.29 is 9.15 Å². The van der Waals surface area contributed by atoms with Gasteiger partial charge in [0.2, 0.25) is 0 Å². The average Bonchev–Trinajstić information content (AvgIpc) is 2.97. The van der Waals surface area contributed by atoms with Crippen LogP contribution in [0.3, 0.4) is 0 Å². The van der Waals surface area contributed by atoms with Crippen LogP contribution in [0.4, 0.5) is 0 Å². The summed E-state index contributed by atoms with van der Waals surface area (Å²) in [5.41, 5.74) is 0.773. The third kappa shape index (κ3) is 3.59. The lowest BCUT2D eigenvalue weighted by atomic mass is 10.2. The lowest BCUT2D eigenvalue weighted by molar-refractivity contribution is 0.0396. The van der Waals surface area contributed by atoms with E-state index in [4.69, 9.17) is 32.4 Å². The SMILES string of the molecule is Clc1ccc(Cl)c(-c2ccc(/C=N\N3CCOCC3)o2)c1. The number of hydrogen-bond donors (Lipinski definition) is 0. The van der Waals surface area contributed by atoms with Crippen molar-refractivity contribution in [3.05, 3.63) is 46.1 Å². The maximum absolute atomic E-state index is 6.16. The first-order valence-electron chi connectivity index (χ1n) is 6.64. The fourth-order valence-electron chi connectivity index (χ4n) is 2.06. The Balaban J connectivity index is 1.76. The van der Waals surface area contributed by atoms with Crippen LogP contribution in [0.15, 0.2) is 39.9 Å². The lowest BCUT2D eigenvalue weighted by Gasteiger charge is -2.23. The molecule has 6 heteroatoms. The predicted octanol–water partition coefficient (Wildman–Crippen LogP) is 3.92. The van der Waals surface area contributed by atoms with Gasteiger partial charge in [-0.05, 0) is 30.3 Å². The fourth-order valence-corrected chi connectivity index (χ4v) is 2.44. The second-order valence-corrected chi connectivity index (χ2v) is 5.48. The molecule has 0 bridgehead atoms. The molecule has 0 spiro atoms. The Bertz CT molecular complexity index is 649. The molecule has 0 aliphatic carbocycles. The predicted molar refractivity (Wildman–Crippen MR) is 84.2 cm³/mol. The van der Waals surface area contributed by atoms with Crippen molar-refractivity contribution in [2.75, 3.05) is 26.3 Å². The molecular weight excluding hydrogens is 311 g/mol. The van der Waals surface area contributed by atoms with E-state index in [1.54, 1.807) is 24.4 Å². The molecule has 1 fully saturated rings. The minimum absolute atomic E-state index is 0.602. The van der Waals surface area contributed by atoms with Crippen molar-refractivity contribution in [3.63, 3.8) is 0 Å². The number of benzene rings is 1. The van der Waals surface area contributed by atoms with Gasteiger partial charge in [-0.25, -0.2) is 0 Å². The van der Waals surface area contributed by atoms with E-state index in [0.29, 0.717) is 34.8 Å². The van der Waals surface area contributed by atoms with Gasteiger partial charge in [0.15, 0.2) is 0 Å². The van der Waals surface area contributed by atoms with E-state index in [0.717, 1.165) is 18.7 Å². The highest BCUT2D eigenvalue weighted by Gasteiger charge is 2.10. The number of morpholine rings is 1. The van der Waals surface area contributed by atoms with Crippen LogP contribution in [-0.2, 0) is 4.74 Å². The van der Waals surface area contributed by atoms with E-state index in [1.165, 1.54) is 0 Å². The first-order chi connectivity index (χ1) is 10.2. The number of hydrazone groups is 1. The quantitative estimate of drug-likeness (QED) is 0.803. The van der Waals surface area contributed by atoms with Gasteiger partial charge in [-0.15, -0.1) is 0 Å². The molecule has 0 atom stereocenters. The maximum atomic E-state index is 6.16. The van der Waals surface area contributed by atoms with Crippen molar-refractivity contribution in [1.82, 2.24) is 5.01 Å². The monoisotopic (exact) mass is 324 g/mol. The Morgan fingerprint density at radius 1 is 1.10 bits per heavy atom. The zero-order chi connectivity index (χ0) is 14.7. The van der Waals surface area contributed by atoms with Gasteiger partial charge in [-0.2, -0.15) is 5.10 Å². The summed E-state index contributed by atoms with van der Waals surface area (Å²) < 4.78 is 11.0. The summed E-state index contributed by atoms with van der Waals surface area (Å²) in [5, 5.41) is 7.55. The number of hydrogen-bond acceptors (Lipinski definition) is 4. The maximum Gasteiger partial charge on any atom is 0.147 e. The van der Waals surface area contributed by atoms with E-state index in [2.05, 4.69) is 5.10 Å². The van der Waals surface area contributed by atoms with Crippen LogP contribution >= 0.6 is 23.2 Å².